The monoisotopic (exact) mass is 253 g/mol. The van der Waals surface area contributed by atoms with E-state index in [1.165, 1.54) is 0 Å². The Morgan fingerprint density at radius 3 is 3.00 bits per heavy atom. The van der Waals surface area contributed by atoms with Gasteiger partial charge in [-0.05, 0) is 31.0 Å². The van der Waals surface area contributed by atoms with Crippen LogP contribution in [-0.4, -0.2) is 29.1 Å². The molecule has 17 heavy (non-hydrogen) atoms. The average molecular weight is 253 g/mol. The van der Waals surface area contributed by atoms with E-state index in [-0.39, 0.29) is 12.0 Å². The van der Waals surface area contributed by atoms with E-state index in [1.807, 2.05) is 0 Å². The summed E-state index contributed by atoms with van der Waals surface area (Å²) in [6, 6.07) is 7.06. The molecular formula is C12H15NO3S. The zero-order valence-corrected chi connectivity index (χ0v) is 10.5. The van der Waals surface area contributed by atoms with Gasteiger partial charge in [0.05, 0.1) is 0 Å². The topological polar surface area (TPSA) is 55.4 Å². The Hall–Kier alpha value is -1.20. The first kappa shape index (κ1) is 12.3. The number of rotatable bonds is 3. The number of carbonyl (C=O) groups is 1. The molecular weight excluding hydrogens is 238 g/mol. The molecule has 4 nitrogen and oxygen atoms in total. The summed E-state index contributed by atoms with van der Waals surface area (Å²) in [6.07, 6.45) is 2.97. The number of amides is 1. The van der Waals surface area contributed by atoms with Crippen molar-refractivity contribution in [2.75, 3.05) is 18.2 Å². The van der Waals surface area contributed by atoms with Gasteiger partial charge in [-0.3, -0.25) is 9.00 Å². The maximum atomic E-state index is 11.8. The Morgan fingerprint density at radius 1 is 1.53 bits per heavy atom. The maximum absolute atomic E-state index is 11.8. The van der Waals surface area contributed by atoms with Crippen molar-refractivity contribution >= 4 is 22.4 Å². The summed E-state index contributed by atoms with van der Waals surface area (Å²) in [6.45, 7) is 0.650. The van der Waals surface area contributed by atoms with Crippen molar-refractivity contribution in [3.63, 3.8) is 0 Å². The van der Waals surface area contributed by atoms with Crippen LogP contribution in [0.1, 0.15) is 12.8 Å². The quantitative estimate of drug-likeness (QED) is 0.889. The molecule has 5 heteroatoms. The molecule has 1 heterocycles. The number of ether oxygens (including phenoxy) is 1. The van der Waals surface area contributed by atoms with E-state index < -0.39 is 10.8 Å². The zero-order chi connectivity index (χ0) is 12.3. The molecule has 1 amide bonds. The largest absolute Gasteiger partial charge is 0.368 e. The minimum absolute atomic E-state index is 0.124. The van der Waals surface area contributed by atoms with Crippen molar-refractivity contribution in [2.24, 2.45) is 0 Å². The number of hydrogen-bond donors (Lipinski definition) is 1. The lowest BCUT2D eigenvalue weighted by molar-refractivity contribution is -0.124. The van der Waals surface area contributed by atoms with Gasteiger partial charge in [0.25, 0.3) is 5.91 Å². The molecule has 1 aromatic carbocycles. The molecule has 92 valence electrons. The molecule has 0 aliphatic carbocycles. The molecule has 2 rings (SSSR count). The second kappa shape index (κ2) is 5.42. The van der Waals surface area contributed by atoms with Gasteiger partial charge in [-0.25, -0.2) is 0 Å². The van der Waals surface area contributed by atoms with Crippen LogP contribution in [0.2, 0.25) is 0 Å². The van der Waals surface area contributed by atoms with E-state index in [4.69, 9.17) is 4.74 Å². The lowest BCUT2D eigenvalue weighted by Gasteiger charge is -2.10. The molecule has 1 saturated heterocycles. The fourth-order valence-electron chi connectivity index (χ4n) is 1.76. The highest BCUT2D eigenvalue weighted by molar-refractivity contribution is 7.84. The summed E-state index contributed by atoms with van der Waals surface area (Å²) in [7, 11) is -1.04. The Bertz CT molecular complexity index is 441. The predicted octanol–water partition coefficient (Wildman–Crippen LogP) is 1.54. The van der Waals surface area contributed by atoms with Gasteiger partial charge in [0.15, 0.2) is 0 Å². The summed E-state index contributed by atoms with van der Waals surface area (Å²) in [5.41, 5.74) is 0.665. The number of hydrogen-bond acceptors (Lipinski definition) is 3. The third-order valence-corrected chi connectivity index (χ3v) is 3.57. The first-order valence-electron chi connectivity index (χ1n) is 5.53. The first-order valence-corrected chi connectivity index (χ1v) is 7.08. The lowest BCUT2D eigenvalue weighted by atomic mass is 10.2. The lowest BCUT2D eigenvalue weighted by Crippen LogP contribution is -2.26. The predicted molar refractivity (Wildman–Crippen MR) is 66.4 cm³/mol. The third kappa shape index (κ3) is 3.14. The third-order valence-electron chi connectivity index (χ3n) is 2.66. The molecule has 1 unspecified atom stereocenters. The van der Waals surface area contributed by atoms with E-state index in [1.54, 1.807) is 30.5 Å². The fraction of sp³-hybridized carbons (Fsp3) is 0.417. The van der Waals surface area contributed by atoms with Crippen molar-refractivity contribution in [1.29, 1.82) is 0 Å². The molecule has 2 atom stereocenters. The summed E-state index contributed by atoms with van der Waals surface area (Å²) >= 11 is 0. The molecule has 1 N–H and O–H groups in total. The van der Waals surface area contributed by atoms with E-state index in [9.17, 15) is 9.00 Å². The van der Waals surface area contributed by atoms with Crippen molar-refractivity contribution in [3.8, 4) is 0 Å². The van der Waals surface area contributed by atoms with Crippen LogP contribution in [0.3, 0.4) is 0 Å². The zero-order valence-electron chi connectivity index (χ0n) is 9.64. The Balaban J connectivity index is 2.05. The standard InChI is InChI=1S/C12H15NO3S/c1-17(15)10-5-2-4-9(8-10)13-12(14)11-6-3-7-16-11/h2,4-5,8,11H,3,6-7H2,1H3,(H,13,14)/t11-,17?/m1/s1. The molecule has 0 bridgehead atoms. The highest BCUT2D eigenvalue weighted by Gasteiger charge is 2.23. The number of carbonyl (C=O) groups excluding carboxylic acids is 1. The van der Waals surface area contributed by atoms with Crippen LogP contribution in [-0.2, 0) is 20.3 Å². The number of nitrogens with one attached hydrogen (secondary N) is 1. The van der Waals surface area contributed by atoms with Crippen LogP contribution in [0.4, 0.5) is 5.69 Å². The molecule has 1 aromatic rings. The van der Waals surface area contributed by atoms with E-state index in [0.717, 1.165) is 12.8 Å². The smallest absolute Gasteiger partial charge is 0.253 e. The van der Waals surface area contributed by atoms with Gasteiger partial charge in [0.2, 0.25) is 0 Å². The van der Waals surface area contributed by atoms with Crippen LogP contribution in [0.5, 0.6) is 0 Å². The van der Waals surface area contributed by atoms with Crippen LogP contribution in [0, 0.1) is 0 Å². The van der Waals surface area contributed by atoms with Crippen LogP contribution >= 0.6 is 0 Å². The Kier molecular flexibility index (Phi) is 3.91. The van der Waals surface area contributed by atoms with Crippen LogP contribution < -0.4 is 5.32 Å². The van der Waals surface area contributed by atoms with Gasteiger partial charge in [-0.15, -0.1) is 0 Å². The first-order chi connectivity index (χ1) is 8.16. The normalized spacial score (nSPS) is 21.1. The fourth-order valence-corrected chi connectivity index (χ4v) is 2.32. The minimum atomic E-state index is -1.04. The summed E-state index contributed by atoms with van der Waals surface area (Å²) < 4.78 is 16.6. The van der Waals surface area contributed by atoms with E-state index in [2.05, 4.69) is 5.32 Å². The van der Waals surface area contributed by atoms with E-state index in [0.29, 0.717) is 17.2 Å². The van der Waals surface area contributed by atoms with Crippen LogP contribution in [0.15, 0.2) is 29.2 Å². The average Bonchev–Trinajstić information content (AvgIpc) is 2.82. The molecule has 0 radical (unpaired) electrons. The number of benzene rings is 1. The van der Waals surface area contributed by atoms with Crippen LogP contribution in [0.25, 0.3) is 0 Å². The van der Waals surface area contributed by atoms with Gasteiger partial charge >= 0.3 is 0 Å². The highest BCUT2D eigenvalue weighted by Crippen LogP contribution is 2.17. The van der Waals surface area contributed by atoms with Crippen molar-refractivity contribution in [3.05, 3.63) is 24.3 Å². The summed E-state index contributed by atoms with van der Waals surface area (Å²) in [5, 5.41) is 2.78. The van der Waals surface area contributed by atoms with Gasteiger partial charge in [-0.1, -0.05) is 6.07 Å². The SMILES string of the molecule is CS(=O)c1cccc(NC(=O)[C@H]2CCCO2)c1. The molecule has 0 saturated carbocycles. The Morgan fingerprint density at radius 2 is 2.35 bits per heavy atom. The Labute approximate surface area is 103 Å². The van der Waals surface area contributed by atoms with Gasteiger partial charge in [0.1, 0.15) is 6.10 Å². The van der Waals surface area contributed by atoms with Crippen molar-refractivity contribution in [2.45, 2.75) is 23.8 Å². The van der Waals surface area contributed by atoms with E-state index >= 15 is 0 Å². The molecule has 1 aliphatic heterocycles. The minimum Gasteiger partial charge on any atom is -0.368 e. The van der Waals surface area contributed by atoms with Gasteiger partial charge in [0, 0.05) is 34.2 Å². The second-order valence-corrected chi connectivity index (χ2v) is 5.35. The maximum Gasteiger partial charge on any atom is 0.253 e. The highest BCUT2D eigenvalue weighted by atomic mass is 32.2. The second-order valence-electron chi connectivity index (χ2n) is 3.97. The number of anilines is 1. The van der Waals surface area contributed by atoms with Crippen molar-refractivity contribution in [1.82, 2.24) is 0 Å². The summed E-state index contributed by atoms with van der Waals surface area (Å²) in [4.78, 5) is 12.5. The molecule has 0 spiro atoms. The molecule has 1 fully saturated rings. The molecule has 1 aliphatic rings. The summed E-state index contributed by atoms with van der Waals surface area (Å²) in [5.74, 6) is -0.124. The van der Waals surface area contributed by atoms with Gasteiger partial charge in [-0.2, -0.15) is 0 Å². The van der Waals surface area contributed by atoms with Gasteiger partial charge < -0.3 is 10.1 Å². The molecule has 0 aromatic heterocycles. The van der Waals surface area contributed by atoms with Crippen molar-refractivity contribution < 1.29 is 13.7 Å².